The maximum absolute atomic E-state index is 12.2. The van der Waals surface area contributed by atoms with Gasteiger partial charge in [0.1, 0.15) is 5.75 Å². The highest BCUT2D eigenvalue weighted by atomic mass is 35.5. The van der Waals surface area contributed by atoms with Crippen molar-refractivity contribution in [3.63, 3.8) is 0 Å². The van der Waals surface area contributed by atoms with Crippen LogP contribution in [-0.2, 0) is 4.79 Å². The third kappa shape index (κ3) is 2.78. The van der Waals surface area contributed by atoms with E-state index in [1.165, 1.54) is 19.2 Å². The molecular formula is C17H12ClNO4. The number of amides is 1. The molecule has 0 radical (unpaired) electrons. The van der Waals surface area contributed by atoms with Crippen LogP contribution in [0.1, 0.15) is 21.5 Å². The highest BCUT2D eigenvalue weighted by Crippen LogP contribution is 2.35. The molecule has 1 aliphatic heterocycles. The number of hydrogen-bond acceptors (Lipinski definition) is 3. The van der Waals surface area contributed by atoms with E-state index in [0.717, 1.165) is 0 Å². The van der Waals surface area contributed by atoms with Crippen molar-refractivity contribution in [3.05, 3.63) is 58.1 Å². The Morgan fingerprint density at radius 3 is 2.74 bits per heavy atom. The van der Waals surface area contributed by atoms with E-state index in [9.17, 15) is 9.59 Å². The summed E-state index contributed by atoms with van der Waals surface area (Å²) in [6, 6.07) is 9.57. The van der Waals surface area contributed by atoms with E-state index < -0.39 is 5.97 Å². The fraction of sp³-hybridized carbons (Fsp3) is 0.0588. The Bertz CT molecular complexity index is 858. The molecule has 23 heavy (non-hydrogen) atoms. The van der Waals surface area contributed by atoms with Crippen molar-refractivity contribution in [1.29, 1.82) is 0 Å². The molecule has 6 heteroatoms. The Hall–Kier alpha value is -2.79. The van der Waals surface area contributed by atoms with Gasteiger partial charge in [-0.2, -0.15) is 0 Å². The normalized spacial score (nSPS) is 14.5. The van der Waals surface area contributed by atoms with Gasteiger partial charge in [-0.1, -0.05) is 11.6 Å². The molecule has 0 aliphatic carbocycles. The second-order valence-electron chi connectivity index (χ2n) is 4.96. The number of fused-ring (bicyclic) bond motifs is 1. The molecule has 1 heterocycles. The van der Waals surface area contributed by atoms with Crippen molar-refractivity contribution in [2.75, 3.05) is 12.4 Å². The SMILES string of the molecule is COc1ccc(Cl)cc1/C=C1/C(=O)Nc2ccc(C(=O)O)cc21. The maximum Gasteiger partial charge on any atom is 0.335 e. The van der Waals surface area contributed by atoms with Gasteiger partial charge in [0, 0.05) is 27.4 Å². The van der Waals surface area contributed by atoms with Gasteiger partial charge in [0.15, 0.2) is 0 Å². The second-order valence-corrected chi connectivity index (χ2v) is 5.40. The van der Waals surface area contributed by atoms with Gasteiger partial charge in [0.25, 0.3) is 5.91 Å². The quantitative estimate of drug-likeness (QED) is 0.844. The average molecular weight is 330 g/mol. The number of aromatic carboxylic acids is 1. The van der Waals surface area contributed by atoms with Gasteiger partial charge in [-0.05, 0) is 42.5 Å². The number of carbonyl (C=O) groups excluding carboxylic acids is 1. The average Bonchev–Trinajstić information content (AvgIpc) is 2.83. The first kappa shape index (κ1) is 15.1. The van der Waals surface area contributed by atoms with Crippen LogP contribution < -0.4 is 10.1 Å². The first-order valence-electron chi connectivity index (χ1n) is 6.74. The Labute approximate surface area is 137 Å². The molecule has 0 unspecified atom stereocenters. The number of halogens is 1. The van der Waals surface area contributed by atoms with Gasteiger partial charge in [-0.3, -0.25) is 4.79 Å². The molecule has 116 valence electrons. The Morgan fingerprint density at radius 1 is 1.26 bits per heavy atom. The number of methoxy groups -OCH3 is 1. The number of carboxylic acids is 1. The zero-order valence-electron chi connectivity index (χ0n) is 12.1. The Balaban J connectivity index is 2.15. The van der Waals surface area contributed by atoms with Gasteiger partial charge in [-0.15, -0.1) is 0 Å². The number of anilines is 1. The molecule has 1 amide bonds. The second kappa shape index (κ2) is 5.78. The largest absolute Gasteiger partial charge is 0.496 e. The lowest BCUT2D eigenvalue weighted by Gasteiger charge is -2.06. The van der Waals surface area contributed by atoms with Crippen LogP contribution in [0.5, 0.6) is 5.75 Å². The molecule has 2 aromatic carbocycles. The van der Waals surface area contributed by atoms with Crippen LogP contribution in [0.25, 0.3) is 11.6 Å². The molecule has 0 saturated heterocycles. The molecule has 2 N–H and O–H groups in total. The molecule has 0 fully saturated rings. The molecule has 1 aliphatic rings. The van der Waals surface area contributed by atoms with Crippen molar-refractivity contribution in [2.24, 2.45) is 0 Å². The molecule has 0 aromatic heterocycles. The van der Waals surface area contributed by atoms with Crippen LogP contribution in [0.15, 0.2) is 36.4 Å². The number of carbonyl (C=O) groups is 2. The van der Waals surface area contributed by atoms with Crippen LogP contribution in [0.3, 0.4) is 0 Å². The first-order chi connectivity index (χ1) is 11.0. The van der Waals surface area contributed by atoms with Gasteiger partial charge in [0.2, 0.25) is 0 Å². The first-order valence-corrected chi connectivity index (χ1v) is 7.11. The minimum Gasteiger partial charge on any atom is -0.496 e. The summed E-state index contributed by atoms with van der Waals surface area (Å²) >= 11 is 6.00. The predicted octanol–water partition coefficient (Wildman–Crippen LogP) is 3.54. The molecule has 2 aromatic rings. The standard InChI is InChI=1S/C17H12ClNO4/c1-23-15-5-3-11(18)6-10(15)8-13-12-7-9(17(21)22)2-4-14(12)19-16(13)20/h2-8H,1H3,(H,19,20)(H,21,22)/b13-8+. The highest BCUT2D eigenvalue weighted by Gasteiger charge is 2.25. The van der Waals surface area contributed by atoms with Gasteiger partial charge in [0.05, 0.1) is 12.7 Å². The summed E-state index contributed by atoms with van der Waals surface area (Å²) in [5.41, 5.74) is 2.23. The molecule has 3 rings (SSSR count). The minimum absolute atomic E-state index is 0.115. The summed E-state index contributed by atoms with van der Waals surface area (Å²) in [5.74, 6) is -0.783. The Morgan fingerprint density at radius 2 is 2.04 bits per heavy atom. The maximum atomic E-state index is 12.2. The zero-order chi connectivity index (χ0) is 16.6. The molecule has 0 saturated carbocycles. The van der Waals surface area contributed by atoms with Crippen LogP contribution in [0.2, 0.25) is 5.02 Å². The van der Waals surface area contributed by atoms with Crippen molar-refractivity contribution in [1.82, 2.24) is 0 Å². The molecule has 0 spiro atoms. The monoisotopic (exact) mass is 329 g/mol. The summed E-state index contributed by atoms with van der Waals surface area (Å²) in [5, 5.41) is 12.3. The van der Waals surface area contributed by atoms with E-state index in [-0.39, 0.29) is 11.5 Å². The molecular weight excluding hydrogens is 318 g/mol. The van der Waals surface area contributed by atoms with Gasteiger partial charge >= 0.3 is 5.97 Å². The highest BCUT2D eigenvalue weighted by molar-refractivity contribution is 6.35. The summed E-state index contributed by atoms with van der Waals surface area (Å²) < 4.78 is 5.27. The lowest BCUT2D eigenvalue weighted by Crippen LogP contribution is -2.03. The molecule has 0 atom stereocenters. The fourth-order valence-corrected chi connectivity index (χ4v) is 2.62. The summed E-state index contributed by atoms with van der Waals surface area (Å²) in [6.45, 7) is 0. The van der Waals surface area contributed by atoms with Crippen molar-refractivity contribution in [3.8, 4) is 5.75 Å². The van der Waals surface area contributed by atoms with E-state index in [0.29, 0.717) is 33.2 Å². The number of benzene rings is 2. The topological polar surface area (TPSA) is 75.6 Å². The van der Waals surface area contributed by atoms with Crippen LogP contribution in [-0.4, -0.2) is 24.1 Å². The van der Waals surface area contributed by atoms with Crippen molar-refractivity contribution < 1.29 is 19.4 Å². The fourth-order valence-electron chi connectivity index (χ4n) is 2.44. The minimum atomic E-state index is -1.05. The lowest BCUT2D eigenvalue weighted by atomic mass is 10.0. The lowest BCUT2D eigenvalue weighted by molar-refractivity contribution is -0.110. The van der Waals surface area contributed by atoms with Crippen molar-refractivity contribution >= 4 is 40.8 Å². The van der Waals surface area contributed by atoms with Crippen molar-refractivity contribution in [2.45, 2.75) is 0 Å². The Kier molecular flexibility index (Phi) is 3.80. The van der Waals surface area contributed by atoms with Gasteiger partial charge in [-0.25, -0.2) is 4.79 Å². The van der Waals surface area contributed by atoms with E-state index in [1.54, 1.807) is 30.3 Å². The summed E-state index contributed by atoms with van der Waals surface area (Å²) in [4.78, 5) is 23.3. The predicted molar refractivity (Wildman–Crippen MR) is 87.9 cm³/mol. The third-order valence-electron chi connectivity index (χ3n) is 3.54. The summed E-state index contributed by atoms with van der Waals surface area (Å²) in [7, 11) is 1.52. The van der Waals surface area contributed by atoms with E-state index in [2.05, 4.69) is 5.32 Å². The third-order valence-corrected chi connectivity index (χ3v) is 3.78. The van der Waals surface area contributed by atoms with E-state index >= 15 is 0 Å². The van der Waals surface area contributed by atoms with Gasteiger partial charge < -0.3 is 15.2 Å². The smallest absolute Gasteiger partial charge is 0.335 e. The van der Waals surface area contributed by atoms with Crippen LogP contribution >= 0.6 is 11.6 Å². The number of hydrogen-bond donors (Lipinski definition) is 2. The van der Waals surface area contributed by atoms with E-state index in [1.807, 2.05) is 0 Å². The number of rotatable bonds is 3. The van der Waals surface area contributed by atoms with Crippen LogP contribution in [0.4, 0.5) is 5.69 Å². The summed E-state index contributed by atoms with van der Waals surface area (Å²) in [6.07, 6.45) is 1.64. The van der Waals surface area contributed by atoms with Crippen LogP contribution in [0, 0.1) is 0 Å². The molecule has 5 nitrogen and oxygen atoms in total. The van der Waals surface area contributed by atoms with E-state index in [4.69, 9.17) is 21.4 Å². The number of carboxylic acid groups (broad SMARTS) is 1. The zero-order valence-corrected chi connectivity index (χ0v) is 12.8. The number of ether oxygens (including phenoxy) is 1. The number of nitrogens with one attached hydrogen (secondary N) is 1. The molecule has 0 bridgehead atoms.